The average molecular weight is 242 g/mol. The van der Waals surface area contributed by atoms with Gasteiger partial charge in [0.05, 0.1) is 19.3 Å². The topological polar surface area (TPSA) is 35.9 Å². The number of nitrogens with zero attached hydrogens (tertiary/aromatic N) is 2. The Morgan fingerprint density at radius 2 is 1.94 bits per heavy atom. The van der Waals surface area contributed by atoms with Gasteiger partial charge in [-0.2, -0.15) is 0 Å². The van der Waals surface area contributed by atoms with Gasteiger partial charge in [0.25, 0.3) is 0 Å². The molecular formula is C13H26N2O2. The summed E-state index contributed by atoms with van der Waals surface area (Å²) in [6.07, 6.45) is 0.987. The van der Waals surface area contributed by atoms with E-state index in [2.05, 4.69) is 16.7 Å². The molecule has 100 valence electrons. The van der Waals surface area contributed by atoms with Gasteiger partial charge in [-0.25, -0.2) is 0 Å². The lowest BCUT2D eigenvalue weighted by Gasteiger charge is -2.33. The van der Waals surface area contributed by atoms with Crippen molar-refractivity contribution < 1.29 is 9.84 Å². The molecule has 17 heavy (non-hydrogen) atoms. The molecule has 0 saturated carbocycles. The molecular weight excluding hydrogens is 216 g/mol. The van der Waals surface area contributed by atoms with E-state index in [0.717, 1.165) is 52.4 Å². The van der Waals surface area contributed by atoms with Crippen LogP contribution in [-0.4, -0.2) is 73.0 Å². The Kier molecular flexibility index (Phi) is 4.79. The summed E-state index contributed by atoms with van der Waals surface area (Å²) in [5, 5.41) is 9.62. The summed E-state index contributed by atoms with van der Waals surface area (Å²) in [5.41, 5.74) is 0. The van der Waals surface area contributed by atoms with Crippen molar-refractivity contribution in [2.24, 2.45) is 5.92 Å². The molecule has 3 atom stereocenters. The first-order chi connectivity index (χ1) is 8.16. The van der Waals surface area contributed by atoms with E-state index in [9.17, 15) is 5.11 Å². The fourth-order valence-electron chi connectivity index (χ4n) is 2.88. The van der Waals surface area contributed by atoms with Crippen molar-refractivity contribution in [2.75, 3.05) is 45.9 Å². The highest BCUT2D eigenvalue weighted by atomic mass is 16.5. The molecule has 0 aromatic rings. The third-order valence-electron chi connectivity index (χ3n) is 4.19. The molecule has 2 aliphatic rings. The quantitative estimate of drug-likeness (QED) is 0.774. The number of aliphatic hydroxyl groups is 1. The minimum Gasteiger partial charge on any atom is -0.393 e. The standard InChI is InChI=1S/C13H26N2O2/c1-11(9-14-5-7-17-8-6-14)15-4-3-13(10-15)12(2)16/h11-13,16H,3-10H2,1-2H3. The lowest BCUT2D eigenvalue weighted by atomic mass is 10.0. The van der Waals surface area contributed by atoms with Crippen molar-refractivity contribution in [1.82, 2.24) is 9.80 Å². The molecule has 2 heterocycles. The van der Waals surface area contributed by atoms with Crippen LogP contribution >= 0.6 is 0 Å². The summed E-state index contributed by atoms with van der Waals surface area (Å²) >= 11 is 0. The van der Waals surface area contributed by atoms with Crippen LogP contribution in [0.1, 0.15) is 20.3 Å². The van der Waals surface area contributed by atoms with Gasteiger partial charge in [-0.05, 0) is 32.7 Å². The molecule has 2 fully saturated rings. The van der Waals surface area contributed by atoms with E-state index in [-0.39, 0.29) is 6.10 Å². The lowest BCUT2D eigenvalue weighted by molar-refractivity contribution is 0.0256. The predicted molar refractivity (Wildman–Crippen MR) is 68.1 cm³/mol. The molecule has 4 nitrogen and oxygen atoms in total. The van der Waals surface area contributed by atoms with Crippen LogP contribution in [0.15, 0.2) is 0 Å². The van der Waals surface area contributed by atoms with Crippen molar-refractivity contribution in [1.29, 1.82) is 0 Å². The smallest absolute Gasteiger partial charge is 0.0594 e. The molecule has 0 spiro atoms. The predicted octanol–water partition coefficient (Wildman–Crippen LogP) is 0.410. The zero-order chi connectivity index (χ0) is 12.3. The van der Waals surface area contributed by atoms with Crippen molar-refractivity contribution >= 4 is 0 Å². The van der Waals surface area contributed by atoms with Gasteiger partial charge >= 0.3 is 0 Å². The van der Waals surface area contributed by atoms with E-state index in [1.807, 2.05) is 6.92 Å². The zero-order valence-electron chi connectivity index (χ0n) is 11.1. The van der Waals surface area contributed by atoms with Gasteiger partial charge in [0.2, 0.25) is 0 Å². The number of aliphatic hydroxyl groups excluding tert-OH is 1. The van der Waals surface area contributed by atoms with Gasteiger partial charge in [0.15, 0.2) is 0 Å². The monoisotopic (exact) mass is 242 g/mol. The number of hydrogen-bond acceptors (Lipinski definition) is 4. The van der Waals surface area contributed by atoms with E-state index >= 15 is 0 Å². The van der Waals surface area contributed by atoms with Crippen LogP contribution in [0.25, 0.3) is 0 Å². The zero-order valence-corrected chi connectivity index (χ0v) is 11.1. The van der Waals surface area contributed by atoms with E-state index < -0.39 is 0 Å². The molecule has 2 saturated heterocycles. The van der Waals surface area contributed by atoms with Crippen molar-refractivity contribution in [3.8, 4) is 0 Å². The fourth-order valence-corrected chi connectivity index (χ4v) is 2.88. The normalized spacial score (nSPS) is 31.6. The van der Waals surface area contributed by atoms with Gasteiger partial charge < -0.3 is 9.84 Å². The van der Waals surface area contributed by atoms with E-state index in [4.69, 9.17) is 4.74 Å². The number of ether oxygens (including phenoxy) is 1. The second kappa shape index (κ2) is 6.14. The van der Waals surface area contributed by atoms with Crippen LogP contribution < -0.4 is 0 Å². The summed E-state index contributed by atoms with van der Waals surface area (Å²) < 4.78 is 5.37. The first kappa shape index (κ1) is 13.3. The lowest BCUT2D eigenvalue weighted by Crippen LogP contribution is -2.45. The van der Waals surface area contributed by atoms with Crippen LogP contribution in [0.4, 0.5) is 0 Å². The van der Waals surface area contributed by atoms with Crippen molar-refractivity contribution in [2.45, 2.75) is 32.4 Å². The Morgan fingerprint density at radius 3 is 2.53 bits per heavy atom. The number of rotatable bonds is 4. The minimum absolute atomic E-state index is 0.157. The van der Waals surface area contributed by atoms with Gasteiger partial charge in [0.1, 0.15) is 0 Å². The molecule has 2 aliphatic heterocycles. The van der Waals surface area contributed by atoms with Crippen LogP contribution in [0, 0.1) is 5.92 Å². The van der Waals surface area contributed by atoms with Gasteiger partial charge in [0, 0.05) is 32.2 Å². The Morgan fingerprint density at radius 1 is 1.24 bits per heavy atom. The fraction of sp³-hybridized carbons (Fsp3) is 1.00. The highest BCUT2D eigenvalue weighted by molar-refractivity contribution is 4.83. The molecule has 0 amide bonds. The summed E-state index contributed by atoms with van der Waals surface area (Å²) in [6.45, 7) is 11.4. The third-order valence-corrected chi connectivity index (χ3v) is 4.19. The first-order valence-corrected chi connectivity index (χ1v) is 6.89. The maximum atomic E-state index is 9.62. The Labute approximate surface area is 105 Å². The summed E-state index contributed by atoms with van der Waals surface area (Å²) in [4.78, 5) is 5.01. The number of likely N-dealkylation sites (tertiary alicyclic amines) is 1. The maximum absolute atomic E-state index is 9.62. The highest BCUT2D eigenvalue weighted by Crippen LogP contribution is 2.21. The Hall–Kier alpha value is -0.160. The summed E-state index contributed by atoms with van der Waals surface area (Å²) in [7, 11) is 0. The summed E-state index contributed by atoms with van der Waals surface area (Å²) in [5.74, 6) is 0.474. The van der Waals surface area contributed by atoms with E-state index in [0.29, 0.717) is 12.0 Å². The first-order valence-electron chi connectivity index (χ1n) is 6.89. The second-order valence-corrected chi connectivity index (χ2v) is 5.55. The SMILES string of the molecule is CC(O)C1CCN(C(C)CN2CCOCC2)C1. The number of morpholine rings is 1. The highest BCUT2D eigenvalue weighted by Gasteiger charge is 2.29. The van der Waals surface area contributed by atoms with Crippen LogP contribution in [-0.2, 0) is 4.74 Å². The van der Waals surface area contributed by atoms with Gasteiger partial charge in [-0.15, -0.1) is 0 Å². The molecule has 0 aromatic heterocycles. The molecule has 0 radical (unpaired) electrons. The molecule has 1 N–H and O–H groups in total. The number of hydrogen-bond donors (Lipinski definition) is 1. The molecule has 3 unspecified atom stereocenters. The average Bonchev–Trinajstić information content (AvgIpc) is 2.79. The largest absolute Gasteiger partial charge is 0.393 e. The Balaban J connectivity index is 1.74. The van der Waals surface area contributed by atoms with Gasteiger partial charge in [-0.1, -0.05) is 0 Å². The van der Waals surface area contributed by atoms with Gasteiger partial charge in [-0.3, -0.25) is 9.80 Å². The van der Waals surface area contributed by atoms with Crippen LogP contribution in [0.2, 0.25) is 0 Å². The van der Waals surface area contributed by atoms with Crippen molar-refractivity contribution in [3.05, 3.63) is 0 Å². The van der Waals surface area contributed by atoms with Crippen molar-refractivity contribution in [3.63, 3.8) is 0 Å². The van der Waals surface area contributed by atoms with E-state index in [1.165, 1.54) is 0 Å². The minimum atomic E-state index is -0.157. The van der Waals surface area contributed by atoms with Crippen LogP contribution in [0.3, 0.4) is 0 Å². The van der Waals surface area contributed by atoms with Crippen LogP contribution in [0.5, 0.6) is 0 Å². The molecule has 0 aromatic carbocycles. The Bertz CT molecular complexity index is 229. The molecule has 0 bridgehead atoms. The second-order valence-electron chi connectivity index (χ2n) is 5.55. The summed E-state index contributed by atoms with van der Waals surface area (Å²) in [6, 6.07) is 0.594. The molecule has 4 heteroatoms. The molecule has 0 aliphatic carbocycles. The van der Waals surface area contributed by atoms with E-state index in [1.54, 1.807) is 0 Å². The maximum Gasteiger partial charge on any atom is 0.0594 e. The third kappa shape index (κ3) is 3.65. The molecule has 2 rings (SSSR count).